The SMILES string of the molecule is O=C(CC1(N2Cc3ccccc3C2=O)CCCCC1)N1CCN(Cc2ccccc2Cl)CC1. The first kappa shape index (κ1) is 22.4. The Morgan fingerprint density at radius 3 is 2.33 bits per heavy atom. The quantitative estimate of drug-likeness (QED) is 0.641. The lowest BCUT2D eigenvalue weighted by molar-refractivity contribution is -0.136. The highest BCUT2D eigenvalue weighted by Crippen LogP contribution is 2.41. The number of rotatable bonds is 5. The molecule has 0 radical (unpaired) electrons. The summed E-state index contributed by atoms with van der Waals surface area (Å²) in [6.45, 7) is 4.59. The number of hydrogen-bond acceptors (Lipinski definition) is 3. The maximum Gasteiger partial charge on any atom is 0.254 e. The molecule has 0 unspecified atom stereocenters. The second-order valence-electron chi connectivity index (χ2n) is 9.76. The van der Waals surface area contributed by atoms with Crippen molar-refractivity contribution < 1.29 is 9.59 Å². The van der Waals surface area contributed by atoms with Gasteiger partial charge in [0.05, 0.1) is 12.0 Å². The van der Waals surface area contributed by atoms with Crippen molar-refractivity contribution in [3.8, 4) is 0 Å². The van der Waals surface area contributed by atoms with E-state index in [4.69, 9.17) is 11.6 Å². The molecule has 174 valence electrons. The Morgan fingerprint density at radius 2 is 1.61 bits per heavy atom. The number of hydrogen-bond donors (Lipinski definition) is 0. The highest BCUT2D eigenvalue weighted by atomic mass is 35.5. The van der Waals surface area contributed by atoms with E-state index in [9.17, 15) is 9.59 Å². The Kier molecular flexibility index (Phi) is 6.44. The number of piperazine rings is 1. The van der Waals surface area contributed by atoms with Crippen LogP contribution in [0.1, 0.15) is 60.0 Å². The molecule has 2 aromatic rings. The summed E-state index contributed by atoms with van der Waals surface area (Å²) in [5.74, 6) is 0.294. The first-order valence-corrected chi connectivity index (χ1v) is 12.6. The lowest BCUT2D eigenvalue weighted by Crippen LogP contribution is -2.55. The number of amides is 2. The van der Waals surface area contributed by atoms with E-state index >= 15 is 0 Å². The molecule has 2 fully saturated rings. The Morgan fingerprint density at radius 1 is 0.909 bits per heavy atom. The van der Waals surface area contributed by atoms with Crippen molar-refractivity contribution in [2.45, 2.75) is 57.2 Å². The van der Waals surface area contributed by atoms with Crippen LogP contribution < -0.4 is 0 Å². The molecule has 1 saturated carbocycles. The molecule has 0 N–H and O–H groups in total. The van der Waals surface area contributed by atoms with Crippen LogP contribution >= 0.6 is 11.6 Å². The summed E-state index contributed by atoms with van der Waals surface area (Å²) in [5.41, 5.74) is 2.68. The highest BCUT2D eigenvalue weighted by molar-refractivity contribution is 6.31. The average molecular weight is 466 g/mol. The van der Waals surface area contributed by atoms with E-state index < -0.39 is 0 Å². The lowest BCUT2D eigenvalue weighted by Gasteiger charge is -2.46. The van der Waals surface area contributed by atoms with Gasteiger partial charge in [-0.1, -0.05) is 67.3 Å². The molecule has 33 heavy (non-hydrogen) atoms. The van der Waals surface area contributed by atoms with Crippen molar-refractivity contribution in [2.24, 2.45) is 0 Å². The third-order valence-corrected chi connectivity index (χ3v) is 8.10. The maximum atomic E-state index is 13.5. The smallest absolute Gasteiger partial charge is 0.254 e. The van der Waals surface area contributed by atoms with E-state index in [1.807, 2.05) is 52.3 Å². The number of benzene rings is 2. The van der Waals surface area contributed by atoms with Crippen LogP contribution in [0.15, 0.2) is 48.5 Å². The van der Waals surface area contributed by atoms with Gasteiger partial charge in [-0.05, 0) is 36.1 Å². The number of carbonyl (C=O) groups is 2. The van der Waals surface area contributed by atoms with Crippen molar-refractivity contribution in [1.29, 1.82) is 0 Å². The number of nitrogens with zero attached hydrogens (tertiary/aromatic N) is 3. The van der Waals surface area contributed by atoms with E-state index in [2.05, 4.69) is 11.0 Å². The normalized spacial score (nSPS) is 20.7. The predicted octanol–water partition coefficient (Wildman–Crippen LogP) is 4.73. The molecule has 2 aromatic carbocycles. The minimum Gasteiger partial charge on any atom is -0.340 e. The molecule has 0 spiro atoms. The van der Waals surface area contributed by atoms with Gasteiger partial charge in [-0.3, -0.25) is 14.5 Å². The van der Waals surface area contributed by atoms with Gasteiger partial charge in [-0.25, -0.2) is 0 Å². The van der Waals surface area contributed by atoms with Crippen LogP contribution in [-0.4, -0.2) is 58.2 Å². The molecule has 6 heteroatoms. The zero-order valence-corrected chi connectivity index (χ0v) is 19.9. The van der Waals surface area contributed by atoms with Crippen LogP contribution in [0, 0.1) is 0 Å². The largest absolute Gasteiger partial charge is 0.340 e. The summed E-state index contributed by atoms with van der Waals surface area (Å²) in [4.78, 5) is 33.2. The van der Waals surface area contributed by atoms with E-state index in [1.165, 1.54) is 6.42 Å². The fourth-order valence-corrected chi connectivity index (χ4v) is 6.00. The highest BCUT2D eigenvalue weighted by Gasteiger charge is 2.46. The van der Waals surface area contributed by atoms with Gasteiger partial charge in [0.1, 0.15) is 0 Å². The van der Waals surface area contributed by atoms with Crippen molar-refractivity contribution in [3.63, 3.8) is 0 Å². The fourth-order valence-electron chi connectivity index (χ4n) is 5.81. The van der Waals surface area contributed by atoms with Crippen LogP contribution in [0.4, 0.5) is 0 Å². The summed E-state index contributed by atoms with van der Waals surface area (Å²) >= 11 is 6.33. The van der Waals surface area contributed by atoms with Crippen LogP contribution in [0.2, 0.25) is 5.02 Å². The molecule has 0 bridgehead atoms. The molecule has 5 rings (SSSR count). The average Bonchev–Trinajstić information content (AvgIpc) is 3.19. The monoisotopic (exact) mass is 465 g/mol. The minimum absolute atomic E-state index is 0.102. The zero-order valence-electron chi connectivity index (χ0n) is 19.1. The van der Waals surface area contributed by atoms with E-state index in [0.29, 0.717) is 13.0 Å². The van der Waals surface area contributed by atoms with Crippen LogP contribution in [0.25, 0.3) is 0 Å². The first-order valence-electron chi connectivity index (χ1n) is 12.2. The molecular weight excluding hydrogens is 434 g/mol. The molecule has 2 aliphatic heterocycles. The van der Waals surface area contributed by atoms with Gasteiger partial charge >= 0.3 is 0 Å². The van der Waals surface area contributed by atoms with E-state index in [-0.39, 0.29) is 17.4 Å². The Labute approximate surface area is 201 Å². The second-order valence-corrected chi connectivity index (χ2v) is 10.2. The summed E-state index contributed by atoms with van der Waals surface area (Å²) in [7, 11) is 0. The van der Waals surface area contributed by atoms with Gasteiger partial charge in [-0.2, -0.15) is 0 Å². The number of halogens is 1. The molecule has 2 amide bonds. The number of fused-ring (bicyclic) bond motifs is 1. The standard InChI is InChI=1S/C27H32ClN3O2/c28-24-11-5-3-9-22(24)19-29-14-16-30(17-15-29)25(32)18-27(12-6-1-7-13-27)31-20-21-8-2-4-10-23(21)26(31)33/h2-5,8-11H,1,6-7,12-20H2. The van der Waals surface area contributed by atoms with Crippen molar-refractivity contribution >= 4 is 23.4 Å². The summed E-state index contributed by atoms with van der Waals surface area (Å²) in [5, 5.41) is 0.798. The summed E-state index contributed by atoms with van der Waals surface area (Å²) in [6.07, 6.45) is 5.64. The topological polar surface area (TPSA) is 43.9 Å². The minimum atomic E-state index is -0.347. The van der Waals surface area contributed by atoms with E-state index in [0.717, 1.165) is 80.1 Å². The fraction of sp³-hybridized carbons (Fsp3) is 0.481. The summed E-state index contributed by atoms with van der Waals surface area (Å²) in [6, 6.07) is 15.9. The third-order valence-electron chi connectivity index (χ3n) is 7.74. The van der Waals surface area contributed by atoms with Crippen molar-refractivity contribution in [1.82, 2.24) is 14.7 Å². The Balaban J connectivity index is 1.24. The van der Waals surface area contributed by atoms with Gasteiger partial charge in [0.2, 0.25) is 5.91 Å². The van der Waals surface area contributed by atoms with Gasteiger partial charge in [0.15, 0.2) is 0 Å². The Bertz CT molecular complexity index is 1030. The molecule has 0 atom stereocenters. The molecular formula is C27H32ClN3O2. The second kappa shape index (κ2) is 9.47. The maximum absolute atomic E-state index is 13.5. The van der Waals surface area contributed by atoms with Crippen molar-refractivity contribution in [2.75, 3.05) is 26.2 Å². The molecule has 3 aliphatic rings. The predicted molar refractivity (Wildman–Crippen MR) is 130 cm³/mol. The van der Waals surface area contributed by atoms with Crippen LogP contribution in [0.3, 0.4) is 0 Å². The summed E-state index contributed by atoms with van der Waals surface area (Å²) < 4.78 is 0. The lowest BCUT2D eigenvalue weighted by atomic mass is 9.77. The Hall–Kier alpha value is -2.37. The van der Waals surface area contributed by atoms with Crippen LogP contribution in [0.5, 0.6) is 0 Å². The molecule has 1 aliphatic carbocycles. The van der Waals surface area contributed by atoms with Crippen molar-refractivity contribution in [3.05, 3.63) is 70.2 Å². The number of carbonyl (C=O) groups excluding carboxylic acids is 2. The van der Waals surface area contributed by atoms with Gasteiger partial charge < -0.3 is 9.80 Å². The molecule has 5 nitrogen and oxygen atoms in total. The molecule has 2 heterocycles. The first-order chi connectivity index (χ1) is 16.1. The molecule has 0 aromatic heterocycles. The zero-order chi connectivity index (χ0) is 22.8. The third kappa shape index (κ3) is 4.53. The molecule has 1 saturated heterocycles. The van der Waals surface area contributed by atoms with Gasteiger partial charge in [-0.15, -0.1) is 0 Å². The van der Waals surface area contributed by atoms with Gasteiger partial charge in [0.25, 0.3) is 5.91 Å². The van der Waals surface area contributed by atoms with Gasteiger partial charge in [0, 0.05) is 49.9 Å². The van der Waals surface area contributed by atoms with Crippen LogP contribution in [-0.2, 0) is 17.9 Å². The van der Waals surface area contributed by atoms with E-state index in [1.54, 1.807) is 0 Å².